The van der Waals surface area contributed by atoms with Crippen LogP contribution in [-0.4, -0.2) is 9.55 Å². The van der Waals surface area contributed by atoms with Crippen molar-refractivity contribution < 1.29 is 0 Å². The molecule has 0 bridgehead atoms. The van der Waals surface area contributed by atoms with Crippen LogP contribution < -0.4 is 0 Å². The van der Waals surface area contributed by atoms with Gasteiger partial charge in [0.2, 0.25) is 0 Å². The second kappa shape index (κ2) is 12.1. The van der Waals surface area contributed by atoms with E-state index in [1.807, 2.05) is 11.3 Å². The summed E-state index contributed by atoms with van der Waals surface area (Å²) in [6.45, 7) is 4.76. The second-order valence-corrected chi connectivity index (χ2v) is 19.6. The number of hydrogen-bond acceptors (Lipinski definition) is 2. The third kappa shape index (κ3) is 4.15. The molecule has 3 heterocycles. The highest BCUT2D eigenvalue weighted by molar-refractivity contribution is 7.25. The molecular formula is C61H38N2S. The summed E-state index contributed by atoms with van der Waals surface area (Å²) in [6, 6.07) is 72.9. The Hall–Kier alpha value is -7.59. The molecule has 2 nitrogen and oxygen atoms in total. The van der Waals surface area contributed by atoms with E-state index < -0.39 is 5.41 Å². The molecule has 3 heteroatoms. The van der Waals surface area contributed by atoms with Crippen molar-refractivity contribution in [1.29, 1.82) is 0 Å². The largest absolute Gasteiger partial charge is 0.301 e. The highest BCUT2D eigenvalue weighted by Crippen LogP contribution is 2.64. The fourth-order valence-corrected chi connectivity index (χ4v) is 13.8. The zero-order chi connectivity index (χ0) is 42.1. The van der Waals surface area contributed by atoms with Gasteiger partial charge in [0, 0.05) is 53.7 Å². The molecule has 298 valence electrons. The third-order valence-electron chi connectivity index (χ3n) is 15.2. The zero-order valence-corrected chi connectivity index (χ0v) is 36.1. The minimum Gasteiger partial charge on any atom is -0.301 e. The van der Waals surface area contributed by atoms with Crippen molar-refractivity contribution in [3.8, 4) is 50.3 Å². The monoisotopic (exact) mass is 830 g/mol. The molecule has 3 aliphatic carbocycles. The van der Waals surface area contributed by atoms with E-state index in [0.29, 0.717) is 0 Å². The van der Waals surface area contributed by atoms with Crippen molar-refractivity contribution in [2.75, 3.05) is 0 Å². The van der Waals surface area contributed by atoms with Crippen molar-refractivity contribution in [1.82, 2.24) is 9.55 Å². The van der Waals surface area contributed by atoms with E-state index in [4.69, 9.17) is 4.98 Å². The first-order valence-corrected chi connectivity index (χ1v) is 23.2. The predicted octanol–water partition coefficient (Wildman–Crippen LogP) is 16.0. The molecule has 15 rings (SSSR count). The minimum absolute atomic E-state index is 0.0893. The van der Waals surface area contributed by atoms with E-state index in [1.54, 1.807) is 0 Å². The molecule has 0 amide bonds. The van der Waals surface area contributed by atoms with Crippen LogP contribution in [0, 0.1) is 0 Å². The van der Waals surface area contributed by atoms with E-state index in [2.05, 4.69) is 213 Å². The normalized spacial score (nSPS) is 14.7. The molecule has 0 fully saturated rings. The van der Waals surface area contributed by atoms with Gasteiger partial charge in [0.1, 0.15) is 4.83 Å². The Labute approximate surface area is 374 Å². The fraction of sp³-hybridized carbons (Fsp3) is 0.0656. The summed E-state index contributed by atoms with van der Waals surface area (Å²) < 4.78 is 3.84. The third-order valence-corrected chi connectivity index (χ3v) is 16.3. The lowest BCUT2D eigenvalue weighted by molar-refractivity contribution is 0.661. The molecule has 1 spiro atoms. The maximum Gasteiger partial charge on any atom is 0.109 e. The first kappa shape index (κ1) is 34.9. The van der Waals surface area contributed by atoms with Gasteiger partial charge in [-0.25, -0.2) is 4.98 Å². The summed E-state index contributed by atoms with van der Waals surface area (Å²) in [4.78, 5) is 6.85. The van der Waals surface area contributed by atoms with Crippen molar-refractivity contribution in [3.63, 3.8) is 0 Å². The molecular weight excluding hydrogens is 793 g/mol. The summed E-state index contributed by atoms with van der Waals surface area (Å²) in [5, 5.41) is 7.58. The van der Waals surface area contributed by atoms with Crippen LogP contribution in [0.2, 0.25) is 0 Å². The van der Waals surface area contributed by atoms with Crippen LogP contribution in [0.15, 0.2) is 194 Å². The Morgan fingerprint density at radius 2 is 1.06 bits per heavy atom. The highest BCUT2D eigenvalue weighted by atomic mass is 32.1. The number of fused-ring (bicyclic) bond motifs is 22. The Morgan fingerprint density at radius 1 is 0.438 bits per heavy atom. The van der Waals surface area contributed by atoms with Gasteiger partial charge < -0.3 is 4.57 Å². The fourth-order valence-electron chi connectivity index (χ4n) is 12.6. The number of para-hydroxylation sites is 1. The molecule has 0 radical (unpaired) electrons. The van der Waals surface area contributed by atoms with Crippen molar-refractivity contribution in [3.05, 3.63) is 228 Å². The Bertz CT molecular complexity index is 4020. The van der Waals surface area contributed by atoms with E-state index >= 15 is 0 Å². The first-order valence-electron chi connectivity index (χ1n) is 22.4. The van der Waals surface area contributed by atoms with Gasteiger partial charge in [0.25, 0.3) is 0 Å². The lowest BCUT2D eigenvalue weighted by atomic mass is 9.70. The van der Waals surface area contributed by atoms with Crippen LogP contribution in [0.4, 0.5) is 0 Å². The van der Waals surface area contributed by atoms with E-state index in [1.165, 1.54) is 114 Å². The summed E-state index contributed by atoms with van der Waals surface area (Å²) in [5.41, 5.74) is 21.1. The number of rotatable bonds is 2. The standard InChI is InChI=1S/C61H38N2S/c1-60(2)46-24-9-3-20-39(46)44-34-53-45(33-51(44)60)56-42-23-8-14-29-54(42)64-59(56)63(53)36-17-15-16-35(32-36)58-43-30-31-50-57(55(43)41-22-7-13-28-52(41)62-58)40-21-6-12-27-49(40)61(50)47-25-10-4-18-37(47)38-19-5-11-26-48(38)61/h3-34H,1-2H3. The number of nitrogens with zero attached hydrogens (tertiary/aromatic N) is 2. The minimum atomic E-state index is -0.418. The molecule has 0 atom stereocenters. The summed E-state index contributed by atoms with van der Waals surface area (Å²) in [5.74, 6) is 0. The molecule has 9 aromatic carbocycles. The first-order chi connectivity index (χ1) is 31.5. The van der Waals surface area contributed by atoms with Gasteiger partial charge >= 0.3 is 0 Å². The average Bonchev–Trinajstić information content (AvgIpc) is 4.10. The van der Waals surface area contributed by atoms with Crippen LogP contribution in [-0.2, 0) is 10.8 Å². The molecule has 0 unspecified atom stereocenters. The van der Waals surface area contributed by atoms with Gasteiger partial charge in [0.05, 0.1) is 22.1 Å². The van der Waals surface area contributed by atoms with Crippen LogP contribution in [0.5, 0.6) is 0 Å². The number of thiophene rings is 1. The van der Waals surface area contributed by atoms with Gasteiger partial charge in [-0.05, 0) is 103 Å². The summed E-state index contributed by atoms with van der Waals surface area (Å²) >= 11 is 1.89. The maximum absolute atomic E-state index is 5.58. The molecule has 3 aliphatic rings. The molecule has 0 N–H and O–H groups in total. The highest BCUT2D eigenvalue weighted by Gasteiger charge is 2.52. The smallest absolute Gasteiger partial charge is 0.109 e. The molecule has 64 heavy (non-hydrogen) atoms. The van der Waals surface area contributed by atoms with Crippen molar-refractivity contribution in [2.45, 2.75) is 24.7 Å². The average molecular weight is 831 g/mol. The van der Waals surface area contributed by atoms with Crippen molar-refractivity contribution in [2.24, 2.45) is 0 Å². The molecule has 0 saturated carbocycles. The molecule has 0 saturated heterocycles. The van der Waals surface area contributed by atoms with Gasteiger partial charge in [-0.15, -0.1) is 11.3 Å². The Kier molecular flexibility index (Phi) is 6.61. The van der Waals surface area contributed by atoms with Crippen molar-refractivity contribution >= 4 is 64.2 Å². The van der Waals surface area contributed by atoms with Gasteiger partial charge in [0.15, 0.2) is 0 Å². The van der Waals surface area contributed by atoms with Gasteiger partial charge in [-0.3, -0.25) is 0 Å². The summed E-state index contributed by atoms with van der Waals surface area (Å²) in [7, 11) is 0. The topological polar surface area (TPSA) is 17.8 Å². The second-order valence-electron chi connectivity index (χ2n) is 18.5. The van der Waals surface area contributed by atoms with Crippen LogP contribution in [0.3, 0.4) is 0 Å². The molecule has 12 aromatic rings. The van der Waals surface area contributed by atoms with E-state index in [0.717, 1.165) is 22.5 Å². The Balaban J connectivity index is 1.01. The van der Waals surface area contributed by atoms with Gasteiger partial charge in [-0.2, -0.15) is 0 Å². The SMILES string of the molecule is CC1(C)c2ccccc2-c2cc3c(cc21)c1c2ccccc2sc1n3-c1cccc(-c2nc3ccccc3c3c4c(ccc23)C2(c3ccccc3-c3ccccc32)c2ccccc2-4)c1. The number of benzene rings is 9. The molecule has 0 aliphatic heterocycles. The van der Waals surface area contributed by atoms with Crippen LogP contribution >= 0.6 is 11.3 Å². The van der Waals surface area contributed by atoms with E-state index in [-0.39, 0.29) is 5.41 Å². The Morgan fingerprint density at radius 3 is 1.83 bits per heavy atom. The van der Waals surface area contributed by atoms with E-state index in [9.17, 15) is 0 Å². The molecule has 3 aromatic heterocycles. The quantitative estimate of drug-likeness (QED) is 0.159. The van der Waals surface area contributed by atoms with Gasteiger partial charge in [-0.1, -0.05) is 172 Å². The number of aromatic nitrogens is 2. The number of hydrogen-bond donors (Lipinski definition) is 0. The lowest BCUT2D eigenvalue weighted by Gasteiger charge is -2.30. The maximum atomic E-state index is 5.58. The lowest BCUT2D eigenvalue weighted by Crippen LogP contribution is -2.25. The predicted molar refractivity (Wildman–Crippen MR) is 268 cm³/mol. The summed E-state index contributed by atoms with van der Waals surface area (Å²) in [6.07, 6.45) is 0. The van der Waals surface area contributed by atoms with Crippen LogP contribution in [0.25, 0.3) is 103 Å². The zero-order valence-electron chi connectivity index (χ0n) is 35.3. The number of pyridine rings is 1. The van der Waals surface area contributed by atoms with Crippen LogP contribution in [0.1, 0.15) is 47.2 Å².